The fraction of sp³-hybridized carbons (Fsp3) is 0.100. The van der Waals surface area contributed by atoms with Gasteiger partial charge in [-0.2, -0.15) is 0 Å². The third-order valence-corrected chi connectivity index (χ3v) is 4.13. The van der Waals surface area contributed by atoms with E-state index in [0.29, 0.717) is 5.52 Å². The van der Waals surface area contributed by atoms with E-state index < -0.39 is 30.0 Å². The number of Topliss-reactive ketones (excluding diaryl/α,β-unsaturated/α-hetero) is 1. The van der Waals surface area contributed by atoms with Crippen molar-refractivity contribution in [2.24, 2.45) is 7.05 Å². The molecule has 5 nitrogen and oxygen atoms in total. The van der Waals surface area contributed by atoms with Crippen LogP contribution in [0, 0.1) is 0 Å². The molecule has 0 aliphatic carbocycles. The number of halogens is 1. The predicted molar refractivity (Wildman–Crippen MR) is 101 cm³/mol. The molecule has 0 N–H and O–H groups in total. The average molecular weight is 367 g/mol. The van der Waals surface area contributed by atoms with Crippen molar-refractivity contribution in [1.29, 1.82) is 0 Å². The van der Waals surface area contributed by atoms with Crippen LogP contribution in [0.4, 0.5) is 0 Å². The molecular formula is C20H15ClN4O. The maximum Gasteiger partial charge on any atom is 0.170 e. The molecule has 0 saturated carbocycles. The Kier molecular flexibility index (Phi) is 3.17. The Hall–Kier alpha value is -3.05. The minimum absolute atomic E-state index is 0.224. The van der Waals surface area contributed by atoms with Gasteiger partial charge in [-0.15, -0.1) is 0 Å². The van der Waals surface area contributed by atoms with Gasteiger partial charge in [0.25, 0.3) is 0 Å². The summed E-state index contributed by atoms with van der Waals surface area (Å²) in [7, 11) is 1.89. The molecule has 0 atom stereocenters. The fourth-order valence-electron chi connectivity index (χ4n) is 2.61. The molecule has 26 heavy (non-hydrogen) atoms. The van der Waals surface area contributed by atoms with Gasteiger partial charge in [-0.1, -0.05) is 23.7 Å². The Bertz CT molecular complexity index is 1290. The summed E-state index contributed by atoms with van der Waals surface area (Å²) in [5.41, 5.74) is 2.15. The first-order valence-corrected chi connectivity index (χ1v) is 8.17. The second-order valence-electron chi connectivity index (χ2n) is 5.74. The minimum atomic E-state index is -0.606. The fourth-order valence-corrected chi connectivity index (χ4v) is 2.70. The van der Waals surface area contributed by atoms with Crippen LogP contribution in [0.2, 0.25) is 5.02 Å². The highest BCUT2D eigenvalue weighted by Gasteiger charge is 2.11. The van der Waals surface area contributed by atoms with E-state index in [1.54, 1.807) is 18.7 Å². The van der Waals surface area contributed by atoms with Crippen LogP contribution in [-0.2, 0) is 13.5 Å². The van der Waals surface area contributed by atoms with E-state index in [-0.39, 0.29) is 22.8 Å². The standard InChI is InChI=1S/C20H15ClN4O/c1-25-12-22-11-18(25)14-2-3-15-10-23-20(24-17(15)8-14)9-19(26)13-4-6-16(21)7-5-13/h2-8,10-12H,9H2,1H3/i4D,5D,6D,7D. The zero-order chi connectivity index (χ0) is 21.6. The number of imidazole rings is 1. The topological polar surface area (TPSA) is 60.7 Å². The molecule has 128 valence electrons. The molecule has 0 aliphatic heterocycles. The lowest BCUT2D eigenvalue weighted by Crippen LogP contribution is -2.07. The number of hydrogen-bond acceptors (Lipinski definition) is 4. The van der Waals surface area contributed by atoms with Crippen molar-refractivity contribution >= 4 is 28.3 Å². The van der Waals surface area contributed by atoms with Gasteiger partial charge in [-0.25, -0.2) is 15.0 Å². The zero-order valence-electron chi connectivity index (χ0n) is 17.7. The molecule has 2 aromatic heterocycles. The quantitative estimate of drug-likeness (QED) is 0.510. The van der Waals surface area contributed by atoms with Crippen LogP contribution in [0.3, 0.4) is 0 Å². The van der Waals surface area contributed by atoms with Crippen molar-refractivity contribution in [2.45, 2.75) is 6.42 Å². The number of rotatable bonds is 4. The number of nitrogens with zero attached hydrogens (tertiary/aromatic N) is 4. The van der Waals surface area contributed by atoms with E-state index in [2.05, 4.69) is 15.0 Å². The summed E-state index contributed by atoms with van der Waals surface area (Å²) in [5.74, 6) is -0.382. The molecule has 0 unspecified atom stereocenters. The predicted octanol–water partition coefficient (Wildman–Crippen LogP) is 4.11. The summed E-state index contributed by atoms with van der Waals surface area (Å²) in [4.78, 5) is 25.6. The Balaban J connectivity index is 1.71. The number of aromatic nitrogens is 4. The first kappa shape index (κ1) is 12.3. The average Bonchev–Trinajstić information content (AvgIpc) is 3.16. The number of ketones is 1. The number of hydrogen-bond donors (Lipinski definition) is 0. The molecule has 0 fully saturated rings. The van der Waals surface area contributed by atoms with Crippen LogP contribution >= 0.6 is 11.6 Å². The lowest BCUT2D eigenvalue weighted by Gasteiger charge is -2.06. The first-order valence-electron chi connectivity index (χ1n) is 9.79. The maximum absolute atomic E-state index is 12.8. The second kappa shape index (κ2) is 6.69. The SMILES string of the molecule is [2H]c1c([2H])c(C(=O)Cc2ncc3ccc(-c4cncn4C)cc3n2)c([2H])c([2H])c1Cl. The van der Waals surface area contributed by atoms with E-state index in [1.165, 1.54) is 0 Å². The summed E-state index contributed by atoms with van der Waals surface area (Å²) in [5, 5.41) is 0.485. The highest BCUT2D eigenvalue weighted by Crippen LogP contribution is 2.22. The third-order valence-electron chi connectivity index (χ3n) is 3.94. The monoisotopic (exact) mass is 366 g/mol. The molecule has 0 aliphatic rings. The number of aryl methyl sites for hydroxylation is 1. The van der Waals surface area contributed by atoms with Gasteiger partial charge in [0.15, 0.2) is 5.78 Å². The van der Waals surface area contributed by atoms with Crippen LogP contribution in [0.15, 0.2) is 61.1 Å². The minimum Gasteiger partial charge on any atom is -0.334 e. The summed E-state index contributed by atoms with van der Waals surface area (Å²) in [6.07, 6.45) is 4.79. The van der Waals surface area contributed by atoms with Gasteiger partial charge in [0.2, 0.25) is 0 Å². The Morgan fingerprint density at radius 2 is 2.04 bits per heavy atom. The van der Waals surface area contributed by atoms with Crippen molar-refractivity contribution in [1.82, 2.24) is 19.5 Å². The zero-order valence-corrected chi connectivity index (χ0v) is 14.5. The van der Waals surface area contributed by atoms with Crippen LogP contribution in [0.25, 0.3) is 22.2 Å². The highest BCUT2D eigenvalue weighted by molar-refractivity contribution is 6.30. The van der Waals surface area contributed by atoms with Crippen LogP contribution in [0.1, 0.15) is 21.7 Å². The Morgan fingerprint density at radius 3 is 2.77 bits per heavy atom. The van der Waals surface area contributed by atoms with E-state index in [9.17, 15) is 4.79 Å². The van der Waals surface area contributed by atoms with E-state index >= 15 is 0 Å². The lowest BCUT2D eigenvalue weighted by atomic mass is 10.1. The largest absolute Gasteiger partial charge is 0.334 e. The Morgan fingerprint density at radius 1 is 1.23 bits per heavy atom. The summed E-state index contributed by atoms with van der Waals surface area (Å²) in [6, 6.07) is 3.87. The summed E-state index contributed by atoms with van der Waals surface area (Å²) < 4.78 is 33.5. The maximum atomic E-state index is 12.8. The van der Waals surface area contributed by atoms with E-state index in [0.717, 1.165) is 16.6 Å². The molecular weight excluding hydrogens is 348 g/mol. The van der Waals surface area contributed by atoms with Crippen molar-refractivity contribution in [2.75, 3.05) is 0 Å². The molecule has 0 amide bonds. The molecule has 4 rings (SSSR count). The highest BCUT2D eigenvalue weighted by atomic mass is 35.5. The van der Waals surface area contributed by atoms with Crippen LogP contribution < -0.4 is 0 Å². The smallest absolute Gasteiger partial charge is 0.170 e. The molecule has 0 bridgehead atoms. The number of fused-ring (bicyclic) bond motifs is 1. The second-order valence-corrected chi connectivity index (χ2v) is 6.12. The van der Waals surface area contributed by atoms with Gasteiger partial charge in [0.05, 0.1) is 35.6 Å². The summed E-state index contributed by atoms with van der Waals surface area (Å²) >= 11 is 5.80. The van der Waals surface area contributed by atoms with Gasteiger partial charge in [0.1, 0.15) is 5.82 Å². The molecule has 2 aromatic carbocycles. The molecule has 0 saturated heterocycles. The third kappa shape index (κ3) is 3.21. The van der Waals surface area contributed by atoms with Gasteiger partial charge in [-0.3, -0.25) is 4.79 Å². The van der Waals surface area contributed by atoms with Gasteiger partial charge in [-0.05, 0) is 30.2 Å². The van der Waals surface area contributed by atoms with Gasteiger partial charge < -0.3 is 4.57 Å². The number of benzene rings is 2. The van der Waals surface area contributed by atoms with Gasteiger partial charge >= 0.3 is 0 Å². The molecule has 4 aromatic rings. The summed E-state index contributed by atoms with van der Waals surface area (Å²) in [6.45, 7) is 0. The van der Waals surface area contributed by atoms with E-state index in [4.69, 9.17) is 17.1 Å². The first-order chi connectivity index (χ1) is 14.3. The molecule has 6 heteroatoms. The molecule has 0 radical (unpaired) electrons. The normalized spacial score (nSPS) is 13.2. The van der Waals surface area contributed by atoms with Crippen LogP contribution in [-0.4, -0.2) is 25.3 Å². The van der Waals surface area contributed by atoms with Crippen molar-refractivity contribution in [3.8, 4) is 11.3 Å². The van der Waals surface area contributed by atoms with Crippen molar-refractivity contribution in [3.05, 3.63) is 77.5 Å². The number of carbonyl (C=O) groups excluding carboxylic acids is 1. The molecule has 2 heterocycles. The lowest BCUT2D eigenvalue weighted by molar-refractivity contribution is 0.0991. The molecule has 0 spiro atoms. The van der Waals surface area contributed by atoms with Crippen molar-refractivity contribution < 1.29 is 10.3 Å². The van der Waals surface area contributed by atoms with Gasteiger partial charge in [0, 0.05) is 34.8 Å². The van der Waals surface area contributed by atoms with Crippen LogP contribution in [0.5, 0.6) is 0 Å². The Labute approximate surface area is 160 Å². The van der Waals surface area contributed by atoms with E-state index in [1.807, 2.05) is 29.8 Å². The van der Waals surface area contributed by atoms with Crippen molar-refractivity contribution in [3.63, 3.8) is 0 Å². The number of carbonyl (C=O) groups is 1.